The van der Waals surface area contributed by atoms with Crippen LogP contribution in [0.5, 0.6) is 11.5 Å². The van der Waals surface area contributed by atoms with Gasteiger partial charge in [-0.25, -0.2) is 4.90 Å². The van der Waals surface area contributed by atoms with E-state index in [4.69, 9.17) is 9.47 Å². The highest BCUT2D eigenvalue weighted by molar-refractivity contribution is 6.26. The maximum Gasteiger partial charge on any atom is 0.271 e. The molecule has 40 heavy (non-hydrogen) atoms. The summed E-state index contributed by atoms with van der Waals surface area (Å²) in [6, 6.07) is 14.8. The number of ether oxygens (including phenoxy) is 2. The van der Waals surface area contributed by atoms with Gasteiger partial charge in [-0.2, -0.15) is 0 Å². The van der Waals surface area contributed by atoms with Crippen molar-refractivity contribution in [2.24, 2.45) is 11.8 Å². The van der Waals surface area contributed by atoms with Gasteiger partial charge in [0.15, 0.2) is 17.3 Å². The molecule has 0 bridgehead atoms. The number of para-hydroxylation sites is 1. The Labute approximate surface area is 229 Å². The first-order valence-electron chi connectivity index (χ1n) is 12.7. The Kier molecular flexibility index (Phi) is 5.90. The number of nitrogens with zero attached hydrogens (tertiary/aromatic N) is 3. The number of carbonyl (C=O) groups is 3. The molecule has 3 aromatic rings. The van der Waals surface area contributed by atoms with Crippen molar-refractivity contribution in [2.45, 2.75) is 19.0 Å². The van der Waals surface area contributed by atoms with Crippen LogP contribution in [-0.2, 0) is 9.59 Å². The monoisotopic (exact) mass is 539 g/mol. The normalized spacial score (nSPS) is 22.6. The summed E-state index contributed by atoms with van der Waals surface area (Å²) in [5.74, 6) is -2.44. The van der Waals surface area contributed by atoms with Crippen LogP contribution in [0.25, 0.3) is 6.08 Å². The van der Waals surface area contributed by atoms with Gasteiger partial charge in [-0.05, 0) is 42.3 Å². The average molecular weight is 540 g/mol. The second kappa shape index (κ2) is 9.33. The lowest BCUT2D eigenvalue weighted by molar-refractivity contribution is -0.384. The van der Waals surface area contributed by atoms with E-state index in [-0.39, 0.29) is 17.2 Å². The number of imide groups is 1. The van der Waals surface area contributed by atoms with Crippen molar-refractivity contribution < 1.29 is 28.8 Å². The molecule has 3 heterocycles. The number of anilines is 2. The van der Waals surface area contributed by atoms with Crippen LogP contribution in [0, 0.1) is 28.9 Å². The standard InChI is InChI=1S/C30H25N3O7/c1-16-8-11-19(33(37)38)15-22(16)32-29(35)25-21-12-9-17-6-4-5-7-20(17)31(21)27(26(25)30(32)36)28(34)18-10-13-23(39-2)24(14-18)40-3/h4-15,21,25-27H,1-3H3/t21-,25-,26-,27+/m0/s1. The van der Waals surface area contributed by atoms with Crippen LogP contribution in [0.1, 0.15) is 21.5 Å². The third-order valence-electron chi connectivity index (χ3n) is 8.00. The fourth-order valence-electron chi connectivity index (χ4n) is 6.16. The van der Waals surface area contributed by atoms with Gasteiger partial charge in [-0.3, -0.25) is 24.5 Å². The zero-order valence-electron chi connectivity index (χ0n) is 21.9. The Bertz CT molecular complexity index is 1630. The van der Waals surface area contributed by atoms with Crippen molar-refractivity contribution in [3.63, 3.8) is 0 Å². The molecule has 10 heteroatoms. The summed E-state index contributed by atoms with van der Waals surface area (Å²) >= 11 is 0. The zero-order chi connectivity index (χ0) is 28.3. The van der Waals surface area contributed by atoms with Crippen LogP contribution in [-0.4, -0.2) is 48.8 Å². The molecule has 3 aliphatic rings. The fraction of sp³-hybridized carbons (Fsp3) is 0.233. The van der Waals surface area contributed by atoms with Gasteiger partial charge in [0.1, 0.15) is 6.04 Å². The number of hydrogen-bond acceptors (Lipinski definition) is 8. The molecule has 0 radical (unpaired) electrons. The van der Waals surface area contributed by atoms with Gasteiger partial charge >= 0.3 is 0 Å². The highest BCUT2D eigenvalue weighted by Gasteiger charge is 2.64. The largest absolute Gasteiger partial charge is 0.493 e. The van der Waals surface area contributed by atoms with E-state index >= 15 is 0 Å². The number of nitro benzene ring substituents is 1. The Morgan fingerprint density at radius 2 is 1.62 bits per heavy atom. The first-order chi connectivity index (χ1) is 19.3. The SMILES string of the molecule is COc1ccc(C(=O)[C@H]2[C@H]3C(=O)N(c4cc([N+](=O)[O-])ccc4C)C(=O)[C@H]3[C@@H]3C=Cc4ccccc4N32)cc1OC. The molecule has 2 fully saturated rings. The van der Waals surface area contributed by atoms with E-state index in [1.54, 1.807) is 25.1 Å². The van der Waals surface area contributed by atoms with E-state index in [0.717, 1.165) is 16.2 Å². The molecule has 0 N–H and O–H groups in total. The van der Waals surface area contributed by atoms with Crippen molar-refractivity contribution in [1.29, 1.82) is 0 Å². The lowest BCUT2D eigenvalue weighted by Gasteiger charge is -2.36. The number of hydrogen-bond donors (Lipinski definition) is 0. The molecule has 10 nitrogen and oxygen atoms in total. The number of rotatable bonds is 6. The lowest BCUT2D eigenvalue weighted by atomic mass is 9.86. The first kappa shape index (κ1) is 25.3. The van der Waals surface area contributed by atoms with Gasteiger partial charge in [-0.1, -0.05) is 36.4 Å². The van der Waals surface area contributed by atoms with Crippen molar-refractivity contribution in [3.05, 3.63) is 93.5 Å². The van der Waals surface area contributed by atoms with Gasteiger partial charge < -0.3 is 14.4 Å². The topological polar surface area (TPSA) is 119 Å². The molecule has 0 aromatic heterocycles. The van der Waals surface area contributed by atoms with Crippen molar-refractivity contribution in [1.82, 2.24) is 0 Å². The van der Waals surface area contributed by atoms with Crippen LogP contribution in [0.2, 0.25) is 0 Å². The molecule has 2 saturated heterocycles. The summed E-state index contributed by atoms with van der Waals surface area (Å²) in [7, 11) is 2.97. The molecule has 0 spiro atoms. The van der Waals surface area contributed by atoms with Crippen molar-refractivity contribution in [2.75, 3.05) is 24.0 Å². The minimum atomic E-state index is -1.01. The van der Waals surface area contributed by atoms with Gasteiger partial charge in [0.2, 0.25) is 11.8 Å². The minimum Gasteiger partial charge on any atom is -0.493 e. The molecule has 0 aliphatic carbocycles. The van der Waals surface area contributed by atoms with E-state index in [2.05, 4.69) is 0 Å². The van der Waals surface area contributed by atoms with Gasteiger partial charge in [0.05, 0.1) is 42.7 Å². The number of aryl methyl sites for hydroxylation is 1. The Morgan fingerprint density at radius 1 is 0.900 bits per heavy atom. The molecular weight excluding hydrogens is 514 g/mol. The summed E-state index contributed by atoms with van der Waals surface area (Å²) in [5, 5.41) is 11.5. The molecule has 6 rings (SSSR count). The summed E-state index contributed by atoms with van der Waals surface area (Å²) in [5.41, 5.74) is 2.39. The predicted molar refractivity (Wildman–Crippen MR) is 147 cm³/mol. The van der Waals surface area contributed by atoms with E-state index in [0.29, 0.717) is 22.6 Å². The Balaban J connectivity index is 1.50. The smallest absolute Gasteiger partial charge is 0.271 e. The molecule has 0 saturated carbocycles. The molecule has 0 unspecified atom stereocenters. The van der Waals surface area contributed by atoms with Crippen LogP contribution in [0.15, 0.2) is 66.7 Å². The van der Waals surface area contributed by atoms with Crippen LogP contribution in [0.4, 0.5) is 17.1 Å². The van der Waals surface area contributed by atoms with Gasteiger partial charge in [-0.15, -0.1) is 0 Å². The van der Waals surface area contributed by atoms with Gasteiger partial charge in [0.25, 0.3) is 5.69 Å². The van der Waals surface area contributed by atoms with Crippen molar-refractivity contribution in [3.8, 4) is 11.5 Å². The van der Waals surface area contributed by atoms with Crippen molar-refractivity contribution >= 4 is 40.7 Å². The summed E-state index contributed by atoms with van der Waals surface area (Å²) < 4.78 is 10.7. The second-order valence-electron chi connectivity index (χ2n) is 9.99. The first-order valence-corrected chi connectivity index (χ1v) is 12.7. The summed E-state index contributed by atoms with van der Waals surface area (Å²) in [6.45, 7) is 1.68. The third kappa shape index (κ3) is 3.59. The van der Waals surface area contributed by atoms with Gasteiger partial charge in [0, 0.05) is 23.4 Å². The number of nitro groups is 1. The quantitative estimate of drug-likeness (QED) is 0.198. The molecule has 3 aliphatic heterocycles. The number of methoxy groups -OCH3 is 2. The average Bonchev–Trinajstić information content (AvgIpc) is 3.44. The van der Waals surface area contributed by atoms with E-state index in [9.17, 15) is 24.5 Å². The number of fused-ring (bicyclic) bond motifs is 5. The predicted octanol–water partition coefficient (Wildman–Crippen LogP) is 4.19. The molecule has 4 atom stereocenters. The van der Waals surface area contributed by atoms with Crippen LogP contribution >= 0.6 is 0 Å². The van der Waals surface area contributed by atoms with E-state index in [1.807, 2.05) is 41.3 Å². The molecule has 3 aromatic carbocycles. The number of amides is 2. The number of ketones is 1. The number of benzene rings is 3. The van der Waals surface area contributed by atoms with E-state index in [1.165, 1.54) is 32.4 Å². The molecular formula is C30H25N3O7. The van der Waals surface area contributed by atoms with Crippen LogP contribution in [0.3, 0.4) is 0 Å². The maximum absolute atomic E-state index is 14.3. The highest BCUT2D eigenvalue weighted by atomic mass is 16.6. The van der Waals surface area contributed by atoms with Crippen LogP contribution < -0.4 is 19.3 Å². The Morgan fingerprint density at radius 3 is 2.35 bits per heavy atom. The molecule has 2 amide bonds. The number of carbonyl (C=O) groups excluding carboxylic acids is 3. The highest BCUT2D eigenvalue weighted by Crippen LogP contribution is 2.50. The summed E-state index contributed by atoms with van der Waals surface area (Å²) in [4.78, 5) is 56.3. The zero-order valence-corrected chi connectivity index (χ0v) is 21.9. The minimum absolute atomic E-state index is 0.155. The number of Topliss-reactive ketones (excluding diaryl/α,β-unsaturated/α-hetero) is 1. The maximum atomic E-state index is 14.3. The third-order valence-corrected chi connectivity index (χ3v) is 8.00. The Hall–Kier alpha value is -4.99. The fourth-order valence-corrected chi connectivity index (χ4v) is 6.16. The number of non-ortho nitro benzene ring substituents is 1. The lowest BCUT2D eigenvalue weighted by Crippen LogP contribution is -2.49. The summed E-state index contributed by atoms with van der Waals surface area (Å²) in [6.07, 6.45) is 3.76. The molecule has 202 valence electrons. The van der Waals surface area contributed by atoms with E-state index < -0.39 is 40.7 Å². The second-order valence-corrected chi connectivity index (χ2v) is 9.99.